The number of amides is 2. The van der Waals surface area contributed by atoms with Crippen molar-refractivity contribution in [1.29, 1.82) is 0 Å². The molecule has 0 aromatic carbocycles. The Morgan fingerprint density at radius 3 is 2.38 bits per heavy atom. The van der Waals surface area contributed by atoms with E-state index in [-0.39, 0.29) is 23.1 Å². The van der Waals surface area contributed by atoms with Crippen LogP contribution in [0.1, 0.15) is 33.6 Å². The lowest BCUT2D eigenvalue weighted by molar-refractivity contribution is -0.132. The zero-order valence-electron chi connectivity index (χ0n) is 15.8. The lowest BCUT2D eigenvalue weighted by atomic mass is 9.91. The maximum Gasteiger partial charge on any atom is 0.246 e. The molecule has 1 fully saturated rings. The number of nitrogens with one attached hydrogen (secondary N) is 1. The van der Waals surface area contributed by atoms with Gasteiger partial charge in [0.1, 0.15) is 0 Å². The highest BCUT2D eigenvalue weighted by atomic mass is 16.2. The Balaban J connectivity index is 2.39. The molecule has 1 saturated heterocycles. The summed E-state index contributed by atoms with van der Waals surface area (Å²) in [4.78, 5) is 28.3. The van der Waals surface area contributed by atoms with Gasteiger partial charge < -0.3 is 15.1 Å². The van der Waals surface area contributed by atoms with Gasteiger partial charge in [0.05, 0.1) is 0 Å². The molecule has 0 spiro atoms. The highest BCUT2D eigenvalue weighted by Gasteiger charge is 2.28. The number of piperidine rings is 1. The number of carbonyl (C=O) groups is 2. The Kier molecular flexibility index (Phi) is 8.19. The second-order valence-corrected chi connectivity index (χ2v) is 7.60. The Morgan fingerprint density at radius 1 is 1.21 bits per heavy atom. The third-order valence-electron chi connectivity index (χ3n) is 4.21. The van der Waals surface area contributed by atoms with Crippen LogP contribution in [0.5, 0.6) is 0 Å². The molecule has 2 amide bonds. The van der Waals surface area contributed by atoms with Crippen molar-refractivity contribution in [1.82, 2.24) is 15.1 Å². The predicted octanol–water partition coefficient (Wildman–Crippen LogP) is 2.06. The standard InChI is InChI=1S/C19H33N3O2/c1-6-7-8-9-17(23)22-12-10-16(11-13-22)18(24)20-14-19(2,3)15-21(4)5/h6-9,16H,10-15H2,1-5H3,(H,20,24)/b7-6+,9-8+. The fourth-order valence-corrected chi connectivity index (χ4v) is 3.10. The van der Waals surface area contributed by atoms with E-state index < -0.39 is 0 Å². The van der Waals surface area contributed by atoms with E-state index in [1.165, 1.54) is 0 Å². The lowest BCUT2D eigenvalue weighted by Gasteiger charge is -2.32. The molecule has 5 heteroatoms. The summed E-state index contributed by atoms with van der Waals surface area (Å²) in [5.74, 6) is 0.168. The van der Waals surface area contributed by atoms with E-state index in [9.17, 15) is 9.59 Å². The van der Waals surface area contributed by atoms with Gasteiger partial charge in [-0.25, -0.2) is 0 Å². The summed E-state index contributed by atoms with van der Waals surface area (Å²) in [6.45, 7) is 9.14. The molecule has 0 bridgehead atoms. The van der Waals surface area contributed by atoms with Gasteiger partial charge in [0.2, 0.25) is 11.8 Å². The fourth-order valence-electron chi connectivity index (χ4n) is 3.10. The lowest BCUT2D eigenvalue weighted by Crippen LogP contribution is -2.45. The Bertz CT molecular complexity index is 473. The van der Waals surface area contributed by atoms with Gasteiger partial charge in [-0.3, -0.25) is 9.59 Å². The van der Waals surface area contributed by atoms with E-state index in [2.05, 4.69) is 24.1 Å². The smallest absolute Gasteiger partial charge is 0.246 e. The topological polar surface area (TPSA) is 52.7 Å². The molecule has 136 valence electrons. The monoisotopic (exact) mass is 335 g/mol. The fraction of sp³-hybridized carbons (Fsp3) is 0.684. The van der Waals surface area contributed by atoms with Crippen LogP contribution in [0.25, 0.3) is 0 Å². The molecule has 24 heavy (non-hydrogen) atoms. The molecular formula is C19H33N3O2. The molecule has 0 unspecified atom stereocenters. The minimum atomic E-state index is 0.0173. The van der Waals surface area contributed by atoms with Gasteiger partial charge in [-0.15, -0.1) is 0 Å². The molecule has 5 nitrogen and oxygen atoms in total. The molecule has 1 aliphatic heterocycles. The van der Waals surface area contributed by atoms with Gasteiger partial charge in [0.25, 0.3) is 0 Å². The number of likely N-dealkylation sites (tertiary alicyclic amines) is 1. The Hall–Kier alpha value is -1.62. The summed E-state index contributed by atoms with van der Waals surface area (Å²) >= 11 is 0. The first-order valence-corrected chi connectivity index (χ1v) is 8.76. The van der Waals surface area contributed by atoms with Crippen LogP contribution >= 0.6 is 0 Å². The normalized spacial score (nSPS) is 17.2. The van der Waals surface area contributed by atoms with Gasteiger partial charge in [-0.2, -0.15) is 0 Å². The summed E-state index contributed by atoms with van der Waals surface area (Å²) in [5.41, 5.74) is 0.0490. The van der Waals surface area contributed by atoms with Gasteiger partial charge in [0.15, 0.2) is 0 Å². The van der Waals surface area contributed by atoms with E-state index in [0.717, 1.165) is 19.4 Å². The van der Waals surface area contributed by atoms with Gasteiger partial charge in [-0.1, -0.05) is 32.1 Å². The van der Waals surface area contributed by atoms with Crippen molar-refractivity contribution < 1.29 is 9.59 Å². The van der Waals surface area contributed by atoms with Crippen molar-refractivity contribution in [2.24, 2.45) is 11.3 Å². The third kappa shape index (κ3) is 7.30. The zero-order valence-corrected chi connectivity index (χ0v) is 15.8. The maximum atomic E-state index is 12.4. The third-order valence-corrected chi connectivity index (χ3v) is 4.21. The first-order chi connectivity index (χ1) is 11.2. The predicted molar refractivity (Wildman–Crippen MR) is 98.6 cm³/mol. The minimum Gasteiger partial charge on any atom is -0.355 e. The summed E-state index contributed by atoms with van der Waals surface area (Å²) in [6.07, 6.45) is 8.55. The average Bonchev–Trinajstić information content (AvgIpc) is 2.52. The van der Waals surface area contributed by atoms with Crippen molar-refractivity contribution in [3.8, 4) is 0 Å². The molecule has 1 N–H and O–H groups in total. The average molecular weight is 335 g/mol. The van der Waals surface area contributed by atoms with E-state index in [1.807, 2.05) is 38.1 Å². The number of rotatable bonds is 7. The molecule has 0 aromatic heterocycles. The van der Waals surface area contributed by atoms with Crippen molar-refractivity contribution in [2.75, 3.05) is 40.3 Å². The second-order valence-electron chi connectivity index (χ2n) is 7.60. The van der Waals surface area contributed by atoms with E-state index in [0.29, 0.717) is 19.6 Å². The van der Waals surface area contributed by atoms with Crippen LogP contribution in [-0.2, 0) is 9.59 Å². The van der Waals surface area contributed by atoms with E-state index >= 15 is 0 Å². The number of nitrogens with zero attached hydrogens (tertiary/aromatic N) is 2. The molecule has 0 saturated carbocycles. The number of hydrogen-bond donors (Lipinski definition) is 1. The quantitative estimate of drug-likeness (QED) is 0.572. The summed E-state index contributed by atoms with van der Waals surface area (Å²) in [7, 11) is 4.09. The molecule has 0 aromatic rings. The van der Waals surface area contributed by atoms with Crippen molar-refractivity contribution in [2.45, 2.75) is 33.6 Å². The van der Waals surface area contributed by atoms with E-state index in [4.69, 9.17) is 0 Å². The summed E-state index contributed by atoms with van der Waals surface area (Å²) in [6, 6.07) is 0. The molecular weight excluding hydrogens is 302 g/mol. The summed E-state index contributed by atoms with van der Waals surface area (Å²) in [5, 5.41) is 3.09. The SMILES string of the molecule is C/C=C/C=C/C(=O)N1CCC(C(=O)NCC(C)(C)CN(C)C)CC1. The van der Waals surface area contributed by atoms with Crippen molar-refractivity contribution in [3.63, 3.8) is 0 Å². The largest absolute Gasteiger partial charge is 0.355 e. The molecule has 1 rings (SSSR count). The summed E-state index contributed by atoms with van der Waals surface area (Å²) < 4.78 is 0. The highest BCUT2D eigenvalue weighted by molar-refractivity contribution is 5.88. The van der Waals surface area contributed by atoms with Crippen LogP contribution < -0.4 is 5.32 Å². The zero-order chi connectivity index (χ0) is 18.2. The maximum absolute atomic E-state index is 12.4. The highest BCUT2D eigenvalue weighted by Crippen LogP contribution is 2.19. The first-order valence-electron chi connectivity index (χ1n) is 8.76. The second kappa shape index (κ2) is 9.62. The molecule has 0 aliphatic carbocycles. The molecule has 1 heterocycles. The number of hydrogen-bond acceptors (Lipinski definition) is 3. The van der Waals surface area contributed by atoms with Crippen LogP contribution in [0.2, 0.25) is 0 Å². The van der Waals surface area contributed by atoms with Gasteiger partial charge >= 0.3 is 0 Å². The van der Waals surface area contributed by atoms with Crippen LogP contribution in [0.15, 0.2) is 24.3 Å². The van der Waals surface area contributed by atoms with Crippen LogP contribution in [0.4, 0.5) is 0 Å². The Morgan fingerprint density at radius 2 is 1.83 bits per heavy atom. The van der Waals surface area contributed by atoms with Crippen molar-refractivity contribution in [3.05, 3.63) is 24.3 Å². The van der Waals surface area contributed by atoms with Crippen molar-refractivity contribution >= 4 is 11.8 Å². The molecule has 1 aliphatic rings. The minimum absolute atomic E-state index is 0.0173. The molecule has 0 radical (unpaired) electrons. The van der Waals surface area contributed by atoms with Crippen LogP contribution in [0.3, 0.4) is 0 Å². The van der Waals surface area contributed by atoms with Crippen LogP contribution in [-0.4, -0.2) is 61.9 Å². The Labute approximate surface area is 146 Å². The van der Waals surface area contributed by atoms with Gasteiger partial charge in [-0.05, 0) is 39.3 Å². The van der Waals surface area contributed by atoms with E-state index in [1.54, 1.807) is 12.2 Å². The number of carbonyl (C=O) groups excluding carboxylic acids is 2. The first kappa shape index (κ1) is 20.4. The van der Waals surface area contributed by atoms with Crippen LogP contribution in [0, 0.1) is 11.3 Å². The molecule has 0 atom stereocenters. The number of allylic oxidation sites excluding steroid dienone is 3. The van der Waals surface area contributed by atoms with Gasteiger partial charge in [0, 0.05) is 38.2 Å².